The molecule has 0 aromatic carbocycles. The van der Waals surface area contributed by atoms with Crippen molar-refractivity contribution in [3.05, 3.63) is 15.0 Å². The van der Waals surface area contributed by atoms with E-state index in [0.29, 0.717) is 5.33 Å². The molecule has 0 N–H and O–H groups in total. The fourth-order valence-corrected chi connectivity index (χ4v) is 2.51. The molecule has 0 atom stereocenters. The number of carbonyl (C=O) groups is 1. The number of methoxy groups -OCH3 is 1. The smallest absolute Gasteiger partial charge is 0.327 e. The van der Waals surface area contributed by atoms with Crippen LogP contribution in [0.2, 0.25) is 0 Å². The summed E-state index contributed by atoms with van der Waals surface area (Å²) in [5, 5.41) is 4.97. The van der Waals surface area contributed by atoms with Crippen molar-refractivity contribution in [2.75, 3.05) is 7.11 Å². The largest absolute Gasteiger partial charge is 0.468 e. The van der Waals surface area contributed by atoms with E-state index in [4.69, 9.17) is 0 Å². The molecule has 78 valence electrons. The minimum Gasteiger partial charge on any atom is -0.468 e. The number of rotatable bonds is 3. The number of hydrogen-bond donors (Lipinski definition) is 0. The van der Waals surface area contributed by atoms with E-state index < -0.39 is 0 Å². The predicted molar refractivity (Wildman–Crippen MR) is 64.3 cm³/mol. The van der Waals surface area contributed by atoms with Crippen LogP contribution in [-0.4, -0.2) is 22.9 Å². The Morgan fingerprint density at radius 2 is 2.36 bits per heavy atom. The number of esters is 1. The predicted octanol–water partition coefficient (Wildman–Crippen LogP) is 1.86. The fraction of sp³-hybridized carbons (Fsp3) is 0.500. The fourth-order valence-electron chi connectivity index (χ4n) is 1.01. The van der Waals surface area contributed by atoms with Gasteiger partial charge in [0, 0.05) is 11.0 Å². The van der Waals surface area contributed by atoms with Gasteiger partial charge in [-0.25, -0.2) is 0 Å². The summed E-state index contributed by atoms with van der Waals surface area (Å²) in [6.07, 6.45) is 0. The summed E-state index contributed by atoms with van der Waals surface area (Å²) in [5.41, 5.74) is 1.94. The van der Waals surface area contributed by atoms with E-state index >= 15 is 0 Å². The van der Waals surface area contributed by atoms with Gasteiger partial charge in [0.1, 0.15) is 6.54 Å². The second-order valence-electron chi connectivity index (χ2n) is 2.71. The lowest BCUT2D eigenvalue weighted by atomic mass is 10.4. The average Bonchev–Trinajstić information content (AvgIpc) is 2.45. The maximum absolute atomic E-state index is 11.0. The minimum atomic E-state index is -0.284. The lowest BCUT2D eigenvalue weighted by molar-refractivity contribution is -0.141. The average molecular weight is 373 g/mol. The van der Waals surface area contributed by atoms with Gasteiger partial charge in [-0.1, -0.05) is 15.9 Å². The Morgan fingerprint density at radius 1 is 1.71 bits per heavy atom. The zero-order chi connectivity index (χ0) is 10.7. The molecule has 0 radical (unpaired) electrons. The quantitative estimate of drug-likeness (QED) is 0.462. The Kier molecular flexibility index (Phi) is 4.36. The molecule has 0 aliphatic carbocycles. The van der Waals surface area contributed by atoms with Crippen LogP contribution < -0.4 is 0 Å². The van der Waals surface area contributed by atoms with Crippen molar-refractivity contribution >= 4 is 44.5 Å². The van der Waals surface area contributed by atoms with Crippen LogP contribution in [0.15, 0.2) is 0 Å². The molecular formula is C8H10BrIN2O2. The van der Waals surface area contributed by atoms with Crippen molar-refractivity contribution < 1.29 is 9.53 Å². The van der Waals surface area contributed by atoms with Crippen LogP contribution in [0.5, 0.6) is 0 Å². The van der Waals surface area contributed by atoms with Gasteiger partial charge >= 0.3 is 5.97 Å². The van der Waals surface area contributed by atoms with Crippen molar-refractivity contribution in [3.63, 3.8) is 0 Å². The van der Waals surface area contributed by atoms with Crippen LogP contribution in [0.3, 0.4) is 0 Å². The lowest BCUT2D eigenvalue weighted by Crippen LogP contribution is -2.14. The van der Waals surface area contributed by atoms with Crippen molar-refractivity contribution in [3.8, 4) is 0 Å². The number of alkyl halides is 1. The number of aromatic nitrogens is 2. The second kappa shape index (κ2) is 5.11. The van der Waals surface area contributed by atoms with Gasteiger partial charge in [-0.2, -0.15) is 5.10 Å². The highest BCUT2D eigenvalue weighted by molar-refractivity contribution is 14.1. The molecule has 0 aliphatic rings. The molecule has 0 aliphatic heterocycles. The molecule has 0 fully saturated rings. The Morgan fingerprint density at radius 3 is 2.79 bits per heavy atom. The molecule has 1 aromatic rings. The standard InChI is InChI=1S/C8H10BrIN2O2/c1-5-8(10)6(3-9)11-12(5)4-7(13)14-2/h3-4H2,1-2H3. The van der Waals surface area contributed by atoms with Gasteiger partial charge < -0.3 is 4.74 Å². The molecule has 14 heavy (non-hydrogen) atoms. The number of halogens is 2. The first-order valence-electron chi connectivity index (χ1n) is 3.94. The van der Waals surface area contributed by atoms with E-state index in [1.807, 2.05) is 6.92 Å². The monoisotopic (exact) mass is 372 g/mol. The number of carbonyl (C=O) groups excluding carboxylic acids is 1. The number of hydrogen-bond acceptors (Lipinski definition) is 3. The second-order valence-corrected chi connectivity index (χ2v) is 4.35. The molecule has 0 bridgehead atoms. The molecule has 6 heteroatoms. The summed E-state index contributed by atoms with van der Waals surface area (Å²) >= 11 is 5.56. The van der Waals surface area contributed by atoms with Crippen LogP contribution in [0.4, 0.5) is 0 Å². The Labute approximate surface area is 104 Å². The minimum absolute atomic E-state index is 0.172. The third-order valence-electron chi connectivity index (χ3n) is 1.83. The lowest BCUT2D eigenvalue weighted by Gasteiger charge is -2.01. The van der Waals surface area contributed by atoms with Crippen LogP contribution >= 0.6 is 38.5 Å². The zero-order valence-corrected chi connectivity index (χ0v) is 11.6. The highest BCUT2D eigenvalue weighted by Crippen LogP contribution is 2.18. The molecule has 4 nitrogen and oxygen atoms in total. The Balaban J connectivity index is 2.93. The highest BCUT2D eigenvalue weighted by Gasteiger charge is 2.13. The summed E-state index contributed by atoms with van der Waals surface area (Å²) in [7, 11) is 1.37. The first-order chi connectivity index (χ1) is 6.60. The maximum Gasteiger partial charge on any atom is 0.327 e. The molecule has 0 spiro atoms. The highest BCUT2D eigenvalue weighted by atomic mass is 127. The van der Waals surface area contributed by atoms with Gasteiger partial charge in [0.25, 0.3) is 0 Å². The van der Waals surface area contributed by atoms with Gasteiger partial charge in [0.05, 0.1) is 16.4 Å². The van der Waals surface area contributed by atoms with E-state index in [0.717, 1.165) is 15.0 Å². The van der Waals surface area contributed by atoms with Gasteiger partial charge in [0.15, 0.2) is 0 Å². The first kappa shape index (κ1) is 12.0. The molecule has 1 aromatic heterocycles. The van der Waals surface area contributed by atoms with E-state index in [2.05, 4.69) is 48.4 Å². The summed E-state index contributed by atoms with van der Waals surface area (Å²) < 4.78 is 7.32. The van der Waals surface area contributed by atoms with Crippen LogP contribution in [0.1, 0.15) is 11.4 Å². The summed E-state index contributed by atoms with van der Waals surface area (Å²) in [6.45, 7) is 2.11. The van der Waals surface area contributed by atoms with E-state index in [9.17, 15) is 4.79 Å². The molecule has 0 amide bonds. The van der Waals surface area contributed by atoms with Crippen molar-refractivity contribution in [1.29, 1.82) is 0 Å². The van der Waals surface area contributed by atoms with Crippen molar-refractivity contribution in [1.82, 2.24) is 9.78 Å². The topological polar surface area (TPSA) is 44.1 Å². The maximum atomic E-state index is 11.0. The Bertz CT molecular complexity index is 351. The van der Waals surface area contributed by atoms with Gasteiger partial charge in [-0.3, -0.25) is 9.48 Å². The first-order valence-corrected chi connectivity index (χ1v) is 6.14. The molecule has 1 heterocycles. The zero-order valence-electron chi connectivity index (χ0n) is 7.88. The number of ether oxygens (including phenoxy) is 1. The molecule has 0 saturated heterocycles. The van der Waals surface area contributed by atoms with Crippen molar-refractivity contribution in [2.24, 2.45) is 0 Å². The van der Waals surface area contributed by atoms with Gasteiger partial charge in [-0.05, 0) is 29.5 Å². The van der Waals surface area contributed by atoms with E-state index in [1.165, 1.54) is 7.11 Å². The van der Waals surface area contributed by atoms with E-state index in [1.54, 1.807) is 4.68 Å². The van der Waals surface area contributed by atoms with Crippen LogP contribution in [-0.2, 0) is 21.4 Å². The molecular weight excluding hydrogens is 363 g/mol. The SMILES string of the molecule is COC(=O)Cn1nc(CBr)c(I)c1C. The molecule has 0 saturated carbocycles. The molecule has 1 rings (SSSR count). The summed E-state index contributed by atoms with van der Waals surface area (Å²) in [6, 6.07) is 0. The van der Waals surface area contributed by atoms with Gasteiger partial charge in [0.2, 0.25) is 0 Å². The summed E-state index contributed by atoms with van der Waals surface area (Å²) in [5.74, 6) is -0.284. The van der Waals surface area contributed by atoms with Crippen LogP contribution in [0.25, 0.3) is 0 Å². The molecule has 0 unspecified atom stereocenters. The third kappa shape index (κ3) is 2.47. The van der Waals surface area contributed by atoms with Crippen molar-refractivity contribution in [2.45, 2.75) is 18.8 Å². The van der Waals surface area contributed by atoms with Crippen LogP contribution in [0, 0.1) is 10.5 Å². The number of nitrogens with zero attached hydrogens (tertiary/aromatic N) is 2. The van der Waals surface area contributed by atoms with E-state index in [-0.39, 0.29) is 12.5 Å². The normalized spacial score (nSPS) is 10.3. The Hall–Kier alpha value is -0.110. The van der Waals surface area contributed by atoms with Gasteiger partial charge in [-0.15, -0.1) is 0 Å². The third-order valence-corrected chi connectivity index (χ3v) is 3.77. The summed E-state index contributed by atoms with van der Waals surface area (Å²) in [4.78, 5) is 11.0.